The smallest absolute Gasteiger partial charge is 0.0910 e. The highest BCUT2D eigenvalue weighted by Gasteiger charge is 2.37. The zero-order chi connectivity index (χ0) is 6.20. The fourth-order valence-electron chi connectivity index (χ4n) is 0.850. The van der Waals surface area contributed by atoms with Gasteiger partial charge in [0.1, 0.15) is 0 Å². The van der Waals surface area contributed by atoms with Crippen molar-refractivity contribution in [1.29, 1.82) is 5.41 Å². The number of nitrogens with one attached hydrogen (secondary N) is 1. The highest BCUT2D eigenvalue weighted by molar-refractivity contribution is 5.85. The molecule has 0 amide bonds. The van der Waals surface area contributed by atoms with Gasteiger partial charge in [0.25, 0.3) is 0 Å². The molecule has 9 heavy (non-hydrogen) atoms. The summed E-state index contributed by atoms with van der Waals surface area (Å²) in [4.78, 5) is 0. The third-order valence-corrected chi connectivity index (χ3v) is 1.72. The molecule has 1 fully saturated rings. The third kappa shape index (κ3) is 2.70. The number of amidine groups is 1. The fraction of sp³-hybridized carbons (Fsp3) is 0.833. The molecule has 0 aromatic carbocycles. The Morgan fingerprint density at radius 2 is 2.11 bits per heavy atom. The molecular formula is C6H13ClN2. The molecule has 0 saturated heterocycles. The highest BCUT2D eigenvalue weighted by atomic mass is 35.5. The Kier molecular flexibility index (Phi) is 2.50. The normalized spacial score (nSPS) is 20.1. The minimum atomic E-state index is 0. The van der Waals surface area contributed by atoms with Gasteiger partial charge in [-0.2, -0.15) is 0 Å². The third-order valence-electron chi connectivity index (χ3n) is 1.72. The molecule has 3 heteroatoms. The molecule has 2 nitrogen and oxygen atoms in total. The quantitative estimate of drug-likeness (QED) is 0.453. The van der Waals surface area contributed by atoms with Crippen molar-refractivity contribution in [2.45, 2.75) is 26.2 Å². The lowest BCUT2D eigenvalue weighted by atomic mass is 10.1. The molecule has 0 aliphatic heterocycles. The van der Waals surface area contributed by atoms with Crippen LogP contribution in [0, 0.1) is 10.8 Å². The first-order chi connectivity index (χ1) is 3.62. The van der Waals surface area contributed by atoms with E-state index in [1.54, 1.807) is 0 Å². The van der Waals surface area contributed by atoms with Gasteiger partial charge in [0.2, 0.25) is 0 Å². The van der Waals surface area contributed by atoms with Crippen molar-refractivity contribution in [2.75, 3.05) is 0 Å². The summed E-state index contributed by atoms with van der Waals surface area (Å²) in [6, 6.07) is 0. The molecule has 0 aromatic heterocycles. The predicted molar refractivity (Wildman–Crippen MR) is 41.1 cm³/mol. The Morgan fingerprint density at radius 3 is 2.22 bits per heavy atom. The summed E-state index contributed by atoms with van der Waals surface area (Å²) in [7, 11) is 0. The van der Waals surface area contributed by atoms with Crippen LogP contribution in [0.5, 0.6) is 0 Å². The Hall–Kier alpha value is -0.240. The van der Waals surface area contributed by atoms with Gasteiger partial charge >= 0.3 is 0 Å². The summed E-state index contributed by atoms with van der Waals surface area (Å²) in [5.74, 6) is 0.338. The van der Waals surface area contributed by atoms with Gasteiger partial charge < -0.3 is 5.73 Å². The van der Waals surface area contributed by atoms with Gasteiger partial charge in [-0.15, -0.1) is 12.4 Å². The molecule has 0 aromatic rings. The van der Waals surface area contributed by atoms with Crippen LogP contribution in [0.1, 0.15) is 26.2 Å². The van der Waals surface area contributed by atoms with E-state index >= 15 is 0 Å². The van der Waals surface area contributed by atoms with Crippen LogP contribution in [-0.4, -0.2) is 5.84 Å². The van der Waals surface area contributed by atoms with E-state index in [1.165, 1.54) is 12.8 Å². The zero-order valence-electron chi connectivity index (χ0n) is 5.61. The summed E-state index contributed by atoms with van der Waals surface area (Å²) in [6.45, 7) is 2.17. The molecular weight excluding hydrogens is 136 g/mol. The van der Waals surface area contributed by atoms with Crippen LogP contribution in [-0.2, 0) is 0 Å². The monoisotopic (exact) mass is 148 g/mol. The van der Waals surface area contributed by atoms with Crippen LogP contribution in [0.15, 0.2) is 0 Å². The molecule has 0 heterocycles. The first-order valence-electron chi connectivity index (χ1n) is 2.95. The largest absolute Gasteiger partial charge is 0.388 e. The molecule has 0 atom stereocenters. The van der Waals surface area contributed by atoms with E-state index in [0.29, 0.717) is 11.3 Å². The van der Waals surface area contributed by atoms with Gasteiger partial charge in [0, 0.05) is 6.42 Å². The van der Waals surface area contributed by atoms with Gasteiger partial charge in [0.15, 0.2) is 0 Å². The van der Waals surface area contributed by atoms with E-state index < -0.39 is 0 Å². The Morgan fingerprint density at radius 1 is 1.67 bits per heavy atom. The number of halogens is 1. The molecule has 54 valence electrons. The van der Waals surface area contributed by atoms with Crippen molar-refractivity contribution in [2.24, 2.45) is 11.1 Å². The molecule has 1 rings (SSSR count). The van der Waals surface area contributed by atoms with Gasteiger partial charge in [0.05, 0.1) is 5.84 Å². The second-order valence-corrected chi connectivity index (χ2v) is 3.01. The average Bonchev–Trinajstić information content (AvgIpc) is 2.17. The lowest BCUT2D eigenvalue weighted by Gasteiger charge is -2.03. The van der Waals surface area contributed by atoms with Crippen LogP contribution in [0.3, 0.4) is 0 Å². The topological polar surface area (TPSA) is 49.9 Å². The Balaban J connectivity index is 0.000000640. The number of hydrogen-bond donors (Lipinski definition) is 2. The minimum Gasteiger partial charge on any atom is -0.388 e. The maximum Gasteiger partial charge on any atom is 0.0910 e. The molecule has 1 aliphatic carbocycles. The highest BCUT2D eigenvalue weighted by Crippen LogP contribution is 2.47. The molecule has 1 aliphatic rings. The minimum absolute atomic E-state index is 0. The van der Waals surface area contributed by atoms with Gasteiger partial charge in [-0.3, -0.25) is 5.41 Å². The van der Waals surface area contributed by atoms with Crippen molar-refractivity contribution in [3.63, 3.8) is 0 Å². The van der Waals surface area contributed by atoms with Crippen LogP contribution in [0.4, 0.5) is 0 Å². The second-order valence-electron chi connectivity index (χ2n) is 3.01. The van der Waals surface area contributed by atoms with E-state index in [4.69, 9.17) is 11.1 Å². The maximum atomic E-state index is 6.97. The average molecular weight is 149 g/mol. The van der Waals surface area contributed by atoms with Crippen LogP contribution >= 0.6 is 12.4 Å². The number of rotatable bonds is 2. The summed E-state index contributed by atoms with van der Waals surface area (Å²) >= 11 is 0. The fourth-order valence-corrected chi connectivity index (χ4v) is 0.850. The Bertz CT molecular complexity index is 118. The molecule has 0 unspecified atom stereocenters. The number of hydrogen-bond acceptors (Lipinski definition) is 1. The van der Waals surface area contributed by atoms with E-state index in [0.717, 1.165) is 6.42 Å². The van der Waals surface area contributed by atoms with Crippen LogP contribution in [0.25, 0.3) is 0 Å². The van der Waals surface area contributed by atoms with Crippen LogP contribution in [0.2, 0.25) is 0 Å². The number of nitrogens with two attached hydrogens (primary N) is 1. The lowest BCUT2D eigenvalue weighted by Crippen LogP contribution is -2.13. The van der Waals surface area contributed by atoms with Gasteiger partial charge in [-0.25, -0.2) is 0 Å². The van der Waals surface area contributed by atoms with E-state index in [1.807, 2.05) is 0 Å². The second kappa shape index (κ2) is 2.56. The van der Waals surface area contributed by atoms with E-state index in [9.17, 15) is 0 Å². The van der Waals surface area contributed by atoms with Gasteiger partial charge in [-0.1, -0.05) is 6.92 Å². The first kappa shape index (κ1) is 8.76. The summed E-state index contributed by atoms with van der Waals surface area (Å²) in [5, 5.41) is 6.97. The van der Waals surface area contributed by atoms with E-state index in [2.05, 4.69) is 6.92 Å². The first-order valence-corrected chi connectivity index (χ1v) is 2.95. The van der Waals surface area contributed by atoms with Crippen molar-refractivity contribution >= 4 is 18.2 Å². The van der Waals surface area contributed by atoms with Crippen molar-refractivity contribution in [1.82, 2.24) is 0 Å². The predicted octanol–water partition coefficient (Wildman–Crippen LogP) is 1.53. The van der Waals surface area contributed by atoms with Crippen molar-refractivity contribution in [3.8, 4) is 0 Å². The standard InChI is InChI=1S/C6H12N2.ClH/c1-6(2-3-6)4-5(7)8;/h2-4H2,1H3,(H3,7,8);1H. The molecule has 0 bridgehead atoms. The molecule has 1 saturated carbocycles. The zero-order valence-corrected chi connectivity index (χ0v) is 6.42. The molecule has 0 radical (unpaired) electrons. The molecule has 0 spiro atoms. The maximum absolute atomic E-state index is 6.97. The summed E-state index contributed by atoms with van der Waals surface area (Å²) in [6.07, 6.45) is 3.31. The van der Waals surface area contributed by atoms with Crippen molar-refractivity contribution < 1.29 is 0 Å². The summed E-state index contributed by atoms with van der Waals surface area (Å²) in [5.41, 5.74) is 5.62. The van der Waals surface area contributed by atoms with Gasteiger partial charge in [-0.05, 0) is 18.3 Å². The Labute approximate surface area is 61.7 Å². The van der Waals surface area contributed by atoms with Crippen LogP contribution < -0.4 is 5.73 Å². The summed E-state index contributed by atoms with van der Waals surface area (Å²) < 4.78 is 0. The lowest BCUT2D eigenvalue weighted by molar-refractivity contribution is 0.599. The van der Waals surface area contributed by atoms with Crippen molar-refractivity contribution in [3.05, 3.63) is 0 Å². The van der Waals surface area contributed by atoms with E-state index in [-0.39, 0.29) is 12.4 Å². The molecule has 3 N–H and O–H groups in total. The SMILES string of the molecule is CC1(CC(=N)N)CC1.Cl.